The van der Waals surface area contributed by atoms with Gasteiger partial charge in [-0.2, -0.15) is 0 Å². The summed E-state index contributed by atoms with van der Waals surface area (Å²) in [4.78, 5) is 0. The summed E-state index contributed by atoms with van der Waals surface area (Å²) in [5, 5.41) is 0. The molecule has 0 spiro atoms. The zero-order chi connectivity index (χ0) is 10.5. The highest BCUT2D eigenvalue weighted by molar-refractivity contribution is 5.28. The maximum atomic E-state index is 4.02. The highest BCUT2D eigenvalue weighted by Crippen LogP contribution is 2.62. The van der Waals surface area contributed by atoms with Crippen LogP contribution >= 0.6 is 0 Å². The fourth-order valence-corrected chi connectivity index (χ4v) is 5.10. The van der Waals surface area contributed by atoms with Crippen LogP contribution in [0, 0.1) is 23.2 Å². The molecule has 0 heteroatoms. The second-order valence-corrected chi connectivity index (χ2v) is 6.15. The Morgan fingerprint density at radius 3 is 1.87 bits per heavy atom. The molecule has 0 aromatic carbocycles. The Morgan fingerprint density at radius 2 is 1.53 bits per heavy atom. The molecule has 0 aromatic rings. The van der Waals surface area contributed by atoms with Crippen molar-refractivity contribution >= 4 is 0 Å². The fraction of sp³-hybridized carbons (Fsp3) is 0.733. The standard InChI is InChI=1S/C15H22/c1-3-14(4-2)15-8-11-5-12(9-15)7-13(6-11)10-15/h3-4,11-13H,1,5-10H2,2H3/b14-4+. The first-order chi connectivity index (χ1) is 7.25. The number of allylic oxidation sites excluding steroid dienone is 3. The van der Waals surface area contributed by atoms with E-state index in [1.807, 2.05) is 0 Å². The lowest BCUT2D eigenvalue weighted by molar-refractivity contribution is -0.0285. The summed E-state index contributed by atoms with van der Waals surface area (Å²) in [6.07, 6.45) is 13.4. The Kier molecular flexibility index (Phi) is 2.09. The van der Waals surface area contributed by atoms with E-state index in [0.29, 0.717) is 5.41 Å². The zero-order valence-corrected chi connectivity index (χ0v) is 9.84. The van der Waals surface area contributed by atoms with E-state index in [9.17, 15) is 0 Å². The first-order valence-electron chi connectivity index (χ1n) is 6.55. The summed E-state index contributed by atoms with van der Waals surface area (Å²) < 4.78 is 0. The summed E-state index contributed by atoms with van der Waals surface area (Å²) in [7, 11) is 0. The van der Waals surface area contributed by atoms with E-state index in [1.165, 1.54) is 38.5 Å². The predicted octanol–water partition coefficient (Wildman–Crippen LogP) is 4.34. The Morgan fingerprint density at radius 1 is 1.07 bits per heavy atom. The fourth-order valence-electron chi connectivity index (χ4n) is 5.10. The van der Waals surface area contributed by atoms with Crippen LogP contribution in [0.2, 0.25) is 0 Å². The molecule has 0 aliphatic heterocycles. The van der Waals surface area contributed by atoms with Crippen LogP contribution in [0.1, 0.15) is 45.4 Å². The van der Waals surface area contributed by atoms with Gasteiger partial charge in [0.25, 0.3) is 0 Å². The van der Waals surface area contributed by atoms with Crippen molar-refractivity contribution in [1.82, 2.24) is 0 Å². The molecule has 82 valence electrons. The minimum absolute atomic E-state index is 0.561. The monoisotopic (exact) mass is 202 g/mol. The first-order valence-corrected chi connectivity index (χ1v) is 6.55. The SMILES string of the molecule is C=C/C(=C\C)C12CC3CC(CC(C3)C1)C2. The topological polar surface area (TPSA) is 0 Å². The van der Waals surface area contributed by atoms with Crippen molar-refractivity contribution < 1.29 is 0 Å². The number of hydrogen-bond acceptors (Lipinski definition) is 0. The molecular weight excluding hydrogens is 180 g/mol. The Labute approximate surface area is 93.5 Å². The molecule has 4 fully saturated rings. The lowest BCUT2D eigenvalue weighted by atomic mass is 9.48. The van der Waals surface area contributed by atoms with Crippen LogP contribution in [0.4, 0.5) is 0 Å². The van der Waals surface area contributed by atoms with Crippen LogP contribution in [-0.2, 0) is 0 Å². The molecule has 0 amide bonds. The minimum Gasteiger partial charge on any atom is -0.0988 e. The van der Waals surface area contributed by atoms with Gasteiger partial charge in [0.1, 0.15) is 0 Å². The molecule has 0 nitrogen and oxygen atoms in total. The minimum atomic E-state index is 0.561. The van der Waals surface area contributed by atoms with Gasteiger partial charge in [0.15, 0.2) is 0 Å². The van der Waals surface area contributed by atoms with Crippen molar-refractivity contribution in [3.63, 3.8) is 0 Å². The Hall–Kier alpha value is -0.520. The average Bonchev–Trinajstić information content (AvgIpc) is 2.16. The third kappa shape index (κ3) is 1.33. The number of rotatable bonds is 2. The highest BCUT2D eigenvalue weighted by Gasteiger charge is 2.51. The largest absolute Gasteiger partial charge is 0.0988 e. The maximum absolute atomic E-state index is 4.02. The lowest BCUT2D eigenvalue weighted by Gasteiger charge is -2.57. The molecule has 15 heavy (non-hydrogen) atoms. The summed E-state index contributed by atoms with van der Waals surface area (Å²) in [5.74, 6) is 3.14. The van der Waals surface area contributed by atoms with Crippen LogP contribution in [0.3, 0.4) is 0 Å². The third-order valence-corrected chi connectivity index (χ3v) is 5.18. The van der Waals surface area contributed by atoms with E-state index in [4.69, 9.17) is 0 Å². The molecule has 0 unspecified atom stereocenters. The van der Waals surface area contributed by atoms with Crippen molar-refractivity contribution in [3.05, 3.63) is 24.3 Å². The summed E-state index contributed by atoms with van der Waals surface area (Å²) >= 11 is 0. The molecule has 4 saturated carbocycles. The van der Waals surface area contributed by atoms with Crippen molar-refractivity contribution in [3.8, 4) is 0 Å². The van der Waals surface area contributed by atoms with Gasteiger partial charge in [0, 0.05) is 0 Å². The van der Waals surface area contributed by atoms with Gasteiger partial charge in [-0.25, -0.2) is 0 Å². The number of hydrogen-bond donors (Lipinski definition) is 0. The average molecular weight is 202 g/mol. The second-order valence-electron chi connectivity index (χ2n) is 6.15. The van der Waals surface area contributed by atoms with Gasteiger partial charge in [-0.05, 0) is 74.2 Å². The molecule has 0 radical (unpaired) electrons. The van der Waals surface area contributed by atoms with Crippen molar-refractivity contribution in [2.75, 3.05) is 0 Å². The molecule has 0 heterocycles. The van der Waals surface area contributed by atoms with E-state index in [-0.39, 0.29) is 0 Å². The highest BCUT2D eigenvalue weighted by atomic mass is 14.6. The quantitative estimate of drug-likeness (QED) is 0.584. The van der Waals surface area contributed by atoms with E-state index in [1.54, 1.807) is 5.57 Å². The zero-order valence-electron chi connectivity index (χ0n) is 9.84. The van der Waals surface area contributed by atoms with Gasteiger partial charge in [-0.3, -0.25) is 0 Å². The van der Waals surface area contributed by atoms with E-state index in [2.05, 4.69) is 25.7 Å². The molecule has 0 atom stereocenters. The van der Waals surface area contributed by atoms with E-state index >= 15 is 0 Å². The first kappa shape index (κ1) is 9.69. The normalized spacial score (nSPS) is 48.3. The van der Waals surface area contributed by atoms with Crippen LogP contribution in [-0.4, -0.2) is 0 Å². The van der Waals surface area contributed by atoms with E-state index < -0.39 is 0 Å². The predicted molar refractivity (Wildman–Crippen MR) is 64.6 cm³/mol. The van der Waals surface area contributed by atoms with Gasteiger partial charge < -0.3 is 0 Å². The third-order valence-electron chi connectivity index (χ3n) is 5.18. The van der Waals surface area contributed by atoms with Gasteiger partial charge in [0.05, 0.1) is 0 Å². The van der Waals surface area contributed by atoms with Crippen molar-refractivity contribution in [2.45, 2.75) is 45.4 Å². The van der Waals surface area contributed by atoms with E-state index in [0.717, 1.165) is 17.8 Å². The molecule has 0 saturated heterocycles. The van der Waals surface area contributed by atoms with Crippen molar-refractivity contribution in [1.29, 1.82) is 0 Å². The van der Waals surface area contributed by atoms with Gasteiger partial charge >= 0.3 is 0 Å². The summed E-state index contributed by atoms with van der Waals surface area (Å²) in [6.45, 7) is 6.21. The molecular formula is C15H22. The van der Waals surface area contributed by atoms with Crippen LogP contribution in [0.25, 0.3) is 0 Å². The maximum Gasteiger partial charge on any atom is -0.00425 e. The Bertz CT molecular complexity index is 273. The lowest BCUT2D eigenvalue weighted by Crippen LogP contribution is -2.46. The molecule has 4 rings (SSSR count). The van der Waals surface area contributed by atoms with Crippen LogP contribution in [0.15, 0.2) is 24.3 Å². The summed E-state index contributed by atoms with van der Waals surface area (Å²) in [6, 6.07) is 0. The smallest absolute Gasteiger partial charge is 0.00425 e. The van der Waals surface area contributed by atoms with Gasteiger partial charge in [-0.1, -0.05) is 18.7 Å². The Balaban J connectivity index is 1.96. The van der Waals surface area contributed by atoms with Crippen LogP contribution < -0.4 is 0 Å². The summed E-state index contributed by atoms with van der Waals surface area (Å²) in [5.41, 5.74) is 2.12. The molecule has 4 bridgehead atoms. The second kappa shape index (κ2) is 3.23. The van der Waals surface area contributed by atoms with Gasteiger partial charge in [0.2, 0.25) is 0 Å². The molecule has 0 N–H and O–H groups in total. The van der Waals surface area contributed by atoms with Gasteiger partial charge in [-0.15, -0.1) is 0 Å². The molecule has 0 aromatic heterocycles. The van der Waals surface area contributed by atoms with Crippen LogP contribution in [0.5, 0.6) is 0 Å². The molecule has 4 aliphatic rings. The molecule has 4 aliphatic carbocycles. The van der Waals surface area contributed by atoms with Crippen molar-refractivity contribution in [2.24, 2.45) is 23.2 Å².